The fraction of sp³-hybridized carbons (Fsp3) is 0.130. The fourth-order valence-corrected chi connectivity index (χ4v) is 10.8. The molecule has 3 aromatic carbocycles. The second kappa shape index (κ2) is 6.10. The van der Waals surface area contributed by atoms with Crippen LogP contribution >= 0.6 is 0 Å². The van der Waals surface area contributed by atoms with Gasteiger partial charge < -0.3 is 0 Å². The van der Waals surface area contributed by atoms with Gasteiger partial charge in [0.05, 0.1) is 0 Å². The van der Waals surface area contributed by atoms with Crippen LogP contribution in [0.2, 0.25) is 0 Å². The van der Waals surface area contributed by atoms with Gasteiger partial charge in [-0.2, -0.15) is 0 Å². The van der Waals surface area contributed by atoms with Gasteiger partial charge in [-0.1, -0.05) is 0 Å². The number of rotatable bonds is 3. The fourth-order valence-electron chi connectivity index (χ4n) is 3.80. The monoisotopic (exact) mass is 371 g/mol. The molecule has 1 aliphatic heterocycles. The van der Waals surface area contributed by atoms with Gasteiger partial charge in [-0.25, -0.2) is 0 Å². The molecule has 117 valence electrons. The first-order valence-electron chi connectivity index (χ1n) is 8.48. The third-order valence-electron chi connectivity index (χ3n) is 4.74. The Morgan fingerprint density at radius 2 is 1.00 bits per heavy atom. The van der Waals surface area contributed by atoms with Crippen molar-refractivity contribution in [3.05, 3.63) is 101 Å². The molecule has 0 atom stereocenters. The normalized spacial score (nSPS) is 14.1. The van der Waals surface area contributed by atoms with Gasteiger partial charge >= 0.3 is 149 Å². The van der Waals surface area contributed by atoms with E-state index in [9.17, 15) is 0 Å². The average Bonchev–Trinajstić information content (AvgIpc) is 3.30. The standard InChI is InChI=1S/C23H21Ge/c1-16-14-17(2)21(18(3)15-16)24-22(19-10-6-4-7-11-19)23(24)20-12-8-5-9-13-20/h4-15H,1-3H3. The van der Waals surface area contributed by atoms with Crippen LogP contribution in [-0.2, 0) is 0 Å². The Labute approximate surface area is 149 Å². The van der Waals surface area contributed by atoms with Crippen LogP contribution in [0.15, 0.2) is 72.8 Å². The zero-order valence-electron chi connectivity index (χ0n) is 14.4. The van der Waals surface area contributed by atoms with E-state index in [0.717, 1.165) is 0 Å². The van der Waals surface area contributed by atoms with E-state index in [-0.39, 0.29) is 0 Å². The molecule has 0 saturated carbocycles. The van der Waals surface area contributed by atoms with E-state index in [1.807, 2.05) is 0 Å². The summed E-state index contributed by atoms with van der Waals surface area (Å²) in [7, 11) is 0. The Bertz CT molecular complexity index is 848. The zero-order chi connectivity index (χ0) is 16.7. The number of benzene rings is 3. The van der Waals surface area contributed by atoms with E-state index in [2.05, 4.69) is 93.6 Å². The van der Waals surface area contributed by atoms with E-state index < -0.39 is 14.3 Å². The van der Waals surface area contributed by atoms with Gasteiger partial charge in [0.2, 0.25) is 0 Å². The SMILES string of the molecule is Cc1cc(C)[c]([Ge]2[C](c3ccccc3)=[C]2c2ccccc2)c(C)c1. The van der Waals surface area contributed by atoms with Crippen LogP contribution in [0.25, 0.3) is 8.81 Å². The van der Waals surface area contributed by atoms with Gasteiger partial charge in [0.25, 0.3) is 0 Å². The molecule has 3 aromatic rings. The van der Waals surface area contributed by atoms with Crippen LogP contribution in [0, 0.1) is 20.8 Å². The van der Waals surface area contributed by atoms with E-state index in [0.29, 0.717) is 0 Å². The first-order chi connectivity index (χ1) is 11.7. The van der Waals surface area contributed by atoms with Gasteiger partial charge in [-0.05, 0) is 0 Å². The molecular formula is C23H21Ge. The number of hydrogen-bond donors (Lipinski definition) is 0. The van der Waals surface area contributed by atoms with Crippen LogP contribution in [0.1, 0.15) is 27.8 Å². The maximum absolute atomic E-state index is 2.35. The minimum atomic E-state index is -1.56. The van der Waals surface area contributed by atoms with Crippen molar-refractivity contribution >= 4 is 27.6 Å². The molecule has 0 aromatic heterocycles. The molecule has 0 nitrogen and oxygen atoms in total. The molecule has 0 bridgehead atoms. The predicted molar refractivity (Wildman–Crippen MR) is 106 cm³/mol. The van der Waals surface area contributed by atoms with Gasteiger partial charge in [-0.15, -0.1) is 0 Å². The third-order valence-corrected chi connectivity index (χ3v) is 11.3. The van der Waals surface area contributed by atoms with Crippen LogP contribution in [0.3, 0.4) is 0 Å². The summed E-state index contributed by atoms with van der Waals surface area (Å²) >= 11 is -1.56. The average molecular weight is 370 g/mol. The molecule has 0 unspecified atom stereocenters. The van der Waals surface area contributed by atoms with Gasteiger partial charge in [0.15, 0.2) is 0 Å². The topological polar surface area (TPSA) is 0 Å². The van der Waals surface area contributed by atoms with Gasteiger partial charge in [0, 0.05) is 0 Å². The van der Waals surface area contributed by atoms with Crippen molar-refractivity contribution in [2.45, 2.75) is 20.8 Å². The second-order valence-electron chi connectivity index (χ2n) is 6.63. The van der Waals surface area contributed by atoms with Crippen molar-refractivity contribution in [2.24, 2.45) is 0 Å². The molecule has 0 saturated heterocycles. The summed E-state index contributed by atoms with van der Waals surface area (Å²) in [6.45, 7) is 6.78. The Morgan fingerprint density at radius 3 is 1.42 bits per heavy atom. The van der Waals surface area contributed by atoms with Crippen molar-refractivity contribution in [1.82, 2.24) is 0 Å². The molecule has 0 fully saturated rings. The Hall–Kier alpha value is -2.06. The van der Waals surface area contributed by atoms with E-state index in [1.54, 1.807) is 13.2 Å². The summed E-state index contributed by atoms with van der Waals surface area (Å²) in [5.74, 6) is 0. The molecule has 1 heterocycles. The van der Waals surface area contributed by atoms with Crippen LogP contribution in [-0.4, -0.2) is 14.3 Å². The van der Waals surface area contributed by atoms with Crippen molar-refractivity contribution in [1.29, 1.82) is 0 Å². The summed E-state index contributed by atoms with van der Waals surface area (Å²) in [5.41, 5.74) is 7.16. The van der Waals surface area contributed by atoms with Gasteiger partial charge in [-0.3, -0.25) is 0 Å². The molecular weight excluding hydrogens is 349 g/mol. The molecule has 0 amide bonds. The van der Waals surface area contributed by atoms with Crippen LogP contribution in [0.5, 0.6) is 0 Å². The molecule has 4 rings (SSSR count). The third kappa shape index (κ3) is 2.65. The molecule has 1 aliphatic rings. The summed E-state index contributed by atoms with van der Waals surface area (Å²) in [5, 5.41) is 0. The maximum atomic E-state index is 2.35. The quantitative estimate of drug-likeness (QED) is 0.569. The van der Waals surface area contributed by atoms with Crippen molar-refractivity contribution in [2.75, 3.05) is 0 Å². The first kappa shape index (κ1) is 15.5. The van der Waals surface area contributed by atoms with Crippen molar-refractivity contribution in [3.8, 4) is 0 Å². The first-order valence-corrected chi connectivity index (χ1v) is 11.6. The Kier molecular flexibility index (Phi) is 3.93. The van der Waals surface area contributed by atoms with E-state index in [1.165, 1.54) is 27.8 Å². The summed E-state index contributed by atoms with van der Waals surface area (Å²) in [6.07, 6.45) is 0. The molecule has 0 N–H and O–H groups in total. The molecule has 1 radical (unpaired) electrons. The minimum absolute atomic E-state index is 1.37. The molecule has 0 aliphatic carbocycles. The number of aryl methyl sites for hydroxylation is 3. The second-order valence-corrected chi connectivity index (χ2v) is 11.4. The summed E-state index contributed by atoms with van der Waals surface area (Å²) < 4.78 is 4.95. The Balaban J connectivity index is 1.86. The molecule has 1 heteroatoms. The van der Waals surface area contributed by atoms with E-state index in [4.69, 9.17) is 0 Å². The van der Waals surface area contributed by atoms with Crippen LogP contribution in [0.4, 0.5) is 0 Å². The predicted octanol–water partition coefficient (Wildman–Crippen LogP) is 5.02. The van der Waals surface area contributed by atoms with E-state index >= 15 is 0 Å². The zero-order valence-corrected chi connectivity index (χ0v) is 16.5. The summed E-state index contributed by atoms with van der Waals surface area (Å²) in [6, 6.07) is 26.7. The molecule has 0 spiro atoms. The van der Waals surface area contributed by atoms with Crippen molar-refractivity contribution in [3.63, 3.8) is 0 Å². The summed E-state index contributed by atoms with van der Waals surface area (Å²) in [4.78, 5) is 0. The Morgan fingerprint density at radius 1 is 0.583 bits per heavy atom. The van der Waals surface area contributed by atoms with Crippen LogP contribution < -0.4 is 4.40 Å². The van der Waals surface area contributed by atoms with Gasteiger partial charge in [0.1, 0.15) is 0 Å². The van der Waals surface area contributed by atoms with Crippen molar-refractivity contribution < 1.29 is 0 Å². The molecule has 24 heavy (non-hydrogen) atoms. The number of hydrogen-bond acceptors (Lipinski definition) is 0.